The molecule has 2 aromatic carbocycles. The van der Waals surface area contributed by atoms with E-state index in [0.29, 0.717) is 5.02 Å². The number of phenols is 2. The monoisotopic (exact) mass is 336 g/mol. The van der Waals surface area contributed by atoms with E-state index in [0.717, 1.165) is 36.8 Å². The van der Waals surface area contributed by atoms with Crippen molar-refractivity contribution in [1.82, 2.24) is 0 Å². The van der Waals surface area contributed by atoms with Crippen LogP contribution in [0.4, 0.5) is 0 Å². The van der Waals surface area contributed by atoms with Crippen molar-refractivity contribution >= 4 is 23.2 Å². The fourth-order valence-corrected chi connectivity index (χ4v) is 4.19. The second-order valence-corrected chi connectivity index (χ2v) is 6.83. The third-order valence-corrected chi connectivity index (χ3v) is 5.55. The van der Waals surface area contributed by atoms with Crippen molar-refractivity contribution in [2.24, 2.45) is 0 Å². The van der Waals surface area contributed by atoms with Crippen LogP contribution in [0.3, 0.4) is 0 Å². The SMILES string of the molecule is Oc1ccc(C2(c3ccc(O)c(Cl)c3)CCCCC2Cl)cc1. The first kappa shape index (κ1) is 15.5. The van der Waals surface area contributed by atoms with Crippen molar-refractivity contribution in [2.75, 3.05) is 0 Å². The lowest BCUT2D eigenvalue weighted by atomic mass is 9.65. The summed E-state index contributed by atoms with van der Waals surface area (Å²) in [4.78, 5) is 0. The van der Waals surface area contributed by atoms with E-state index in [1.807, 2.05) is 24.3 Å². The van der Waals surface area contributed by atoms with Gasteiger partial charge in [0.05, 0.1) is 5.02 Å². The zero-order chi connectivity index (χ0) is 15.7. The molecule has 2 atom stereocenters. The molecule has 2 N–H and O–H groups in total. The molecule has 116 valence electrons. The molecule has 0 aliphatic heterocycles. The first-order chi connectivity index (χ1) is 10.5. The molecule has 1 saturated carbocycles. The zero-order valence-electron chi connectivity index (χ0n) is 12.1. The van der Waals surface area contributed by atoms with Gasteiger partial charge in [0.2, 0.25) is 0 Å². The number of alkyl halides is 1. The van der Waals surface area contributed by atoms with E-state index in [4.69, 9.17) is 23.2 Å². The number of phenolic OH excluding ortho intramolecular Hbond substituents is 2. The van der Waals surface area contributed by atoms with Crippen LogP contribution in [0.25, 0.3) is 0 Å². The fourth-order valence-electron chi connectivity index (χ4n) is 3.49. The molecular formula is C18H18Cl2O2. The van der Waals surface area contributed by atoms with Crippen LogP contribution in [0.15, 0.2) is 42.5 Å². The highest BCUT2D eigenvalue weighted by molar-refractivity contribution is 6.32. The normalized spacial score (nSPS) is 25.1. The van der Waals surface area contributed by atoms with Crippen LogP contribution in [0, 0.1) is 0 Å². The van der Waals surface area contributed by atoms with Gasteiger partial charge in [-0.1, -0.05) is 42.6 Å². The summed E-state index contributed by atoms with van der Waals surface area (Å²) in [6, 6.07) is 12.6. The Labute approximate surface area is 140 Å². The average molecular weight is 337 g/mol. The highest BCUT2D eigenvalue weighted by Gasteiger charge is 2.43. The Bertz CT molecular complexity index is 669. The lowest BCUT2D eigenvalue weighted by molar-refractivity contribution is 0.352. The standard InChI is InChI=1S/C18H18Cl2O2/c19-15-11-13(6-9-16(15)22)18(10-2-1-3-17(18)20)12-4-7-14(21)8-5-12/h4-9,11,17,21-22H,1-3,10H2. The molecular weight excluding hydrogens is 319 g/mol. The first-order valence-corrected chi connectivity index (χ1v) is 8.28. The predicted molar refractivity (Wildman–Crippen MR) is 90.1 cm³/mol. The minimum Gasteiger partial charge on any atom is -0.508 e. The zero-order valence-corrected chi connectivity index (χ0v) is 13.6. The molecule has 0 radical (unpaired) electrons. The Kier molecular flexibility index (Phi) is 4.24. The van der Waals surface area contributed by atoms with Gasteiger partial charge in [-0.2, -0.15) is 0 Å². The van der Waals surface area contributed by atoms with Crippen LogP contribution in [-0.2, 0) is 5.41 Å². The maximum absolute atomic E-state index is 9.70. The van der Waals surface area contributed by atoms with Gasteiger partial charge < -0.3 is 10.2 Å². The van der Waals surface area contributed by atoms with Crippen LogP contribution in [0.1, 0.15) is 36.8 Å². The van der Waals surface area contributed by atoms with Crippen LogP contribution in [0.2, 0.25) is 5.02 Å². The van der Waals surface area contributed by atoms with Gasteiger partial charge in [-0.3, -0.25) is 0 Å². The molecule has 0 bridgehead atoms. The first-order valence-electron chi connectivity index (χ1n) is 7.46. The minimum absolute atomic E-state index is 0.0496. The van der Waals surface area contributed by atoms with Crippen molar-refractivity contribution in [2.45, 2.75) is 36.5 Å². The number of hydrogen-bond donors (Lipinski definition) is 2. The van der Waals surface area contributed by atoms with Crippen LogP contribution >= 0.6 is 23.2 Å². The molecule has 2 unspecified atom stereocenters. The third kappa shape index (κ3) is 2.55. The highest BCUT2D eigenvalue weighted by Crippen LogP contribution is 2.48. The van der Waals surface area contributed by atoms with E-state index >= 15 is 0 Å². The van der Waals surface area contributed by atoms with Gasteiger partial charge in [-0.25, -0.2) is 0 Å². The molecule has 22 heavy (non-hydrogen) atoms. The summed E-state index contributed by atoms with van der Waals surface area (Å²) in [6.45, 7) is 0. The number of benzene rings is 2. The Morgan fingerprint density at radius 3 is 2.27 bits per heavy atom. The minimum atomic E-state index is -0.342. The summed E-state index contributed by atoms with van der Waals surface area (Å²) in [7, 11) is 0. The molecule has 1 aliphatic rings. The number of hydrogen-bond acceptors (Lipinski definition) is 2. The predicted octanol–water partition coefficient (Wildman–Crippen LogP) is 5.22. The molecule has 2 nitrogen and oxygen atoms in total. The Balaban J connectivity index is 2.18. The Morgan fingerprint density at radius 2 is 1.64 bits per heavy atom. The molecule has 3 rings (SSSR count). The van der Waals surface area contributed by atoms with E-state index in [1.54, 1.807) is 18.2 Å². The third-order valence-electron chi connectivity index (χ3n) is 4.66. The molecule has 0 spiro atoms. The van der Waals surface area contributed by atoms with Gasteiger partial charge in [0.1, 0.15) is 11.5 Å². The summed E-state index contributed by atoms with van der Waals surface area (Å²) in [5.41, 5.74) is 1.75. The molecule has 0 saturated heterocycles. The van der Waals surface area contributed by atoms with Gasteiger partial charge in [-0.15, -0.1) is 11.6 Å². The number of rotatable bonds is 2. The van der Waals surface area contributed by atoms with Crippen molar-refractivity contribution in [3.8, 4) is 11.5 Å². The van der Waals surface area contributed by atoms with Gasteiger partial charge >= 0.3 is 0 Å². The molecule has 1 aliphatic carbocycles. The van der Waals surface area contributed by atoms with E-state index in [2.05, 4.69) is 0 Å². The topological polar surface area (TPSA) is 40.5 Å². The fraction of sp³-hybridized carbons (Fsp3) is 0.333. The van der Waals surface area contributed by atoms with Crippen molar-refractivity contribution in [1.29, 1.82) is 0 Å². The summed E-state index contributed by atoms with van der Waals surface area (Å²) < 4.78 is 0. The van der Waals surface area contributed by atoms with Crippen LogP contribution in [0.5, 0.6) is 11.5 Å². The summed E-state index contributed by atoms with van der Waals surface area (Å²) in [5, 5.41) is 19.6. The smallest absolute Gasteiger partial charge is 0.134 e. The lowest BCUT2D eigenvalue weighted by Crippen LogP contribution is -2.40. The van der Waals surface area contributed by atoms with E-state index in [-0.39, 0.29) is 22.3 Å². The second kappa shape index (κ2) is 6.02. The maximum atomic E-state index is 9.70. The number of halogens is 2. The second-order valence-electron chi connectivity index (χ2n) is 5.90. The van der Waals surface area contributed by atoms with Gasteiger partial charge in [0, 0.05) is 10.8 Å². The van der Waals surface area contributed by atoms with E-state index in [9.17, 15) is 10.2 Å². The molecule has 0 aromatic heterocycles. The van der Waals surface area contributed by atoms with Crippen molar-refractivity contribution in [3.63, 3.8) is 0 Å². The van der Waals surface area contributed by atoms with Gasteiger partial charge in [0.25, 0.3) is 0 Å². The maximum Gasteiger partial charge on any atom is 0.134 e. The molecule has 0 heterocycles. The summed E-state index contributed by atoms with van der Waals surface area (Å²) in [5.74, 6) is 0.317. The molecule has 1 fully saturated rings. The quantitative estimate of drug-likeness (QED) is 0.738. The van der Waals surface area contributed by atoms with E-state index < -0.39 is 0 Å². The molecule has 0 amide bonds. The largest absolute Gasteiger partial charge is 0.508 e. The van der Waals surface area contributed by atoms with Crippen molar-refractivity contribution < 1.29 is 10.2 Å². The summed E-state index contributed by atoms with van der Waals surface area (Å²) in [6.07, 6.45) is 4.05. The Morgan fingerprint density at radius 1 is 0.955 bits per heavy atom. The van der Waals surface area contributed by atoms with Gasteiger partial charge in [0.15, 0.2) is 0 Å². The lowest BCUT2D eigenvalue weighted by Gasteiger charge is -2.42. The highest BCUT2D eigenvalue weighted by atomic mass is 35.5. The van der Waals surface area contributed by atoms with Crippen LogP contribution < -0.4 is 0 Å². The molecule has 2 aromatic rings. The summed E-state index contributed by atoms with van der Waals surface area (Å²) >= 11 is 12.9. The Hall–Kier alpha value is -1.38. The van der Waals surface area contributed by atoms with E-state index in [1.165, 1.54) is 0 Å². The average Bonchev–Trinajstić information content (AvgIpc) is 2.52. The molecule has 4 heteroatoms. The van der Waals surface area contributed by atoms with Gasteiger partial charge in [-0.05, 0) is 48.2 Å². The van der Waals surface area contributed by atoms with Crippen LogP contribution in [-0.4, -0.2) is 15.6 Å². The van der Waals surface area contributed by atoms with Crippen molar-refractivity contribution in [3.05, 3.63) is 58.6 Å². The number of aromatic hydroxyl groups is 2.